The van der Waals surface area contributed by atoms with Crippen molar-refractivity contribution in [3.63, 3.8) is 0 Å². The second-order valence-electron chi connectivity index (χ2n) is 6.28. The Kier molecular flexibility index (Phi) is 3.42. The van der Waals surface area contributed by atoms with Crippen molar-refractivity contribution in [3.8, 4) is 5.69 Å². The molecule has 0 amide bonds. The molecule has 0 aliphatic heterocycles. The lowest BCUT2D eigenvalue weighted by molar-refractivity contribution is 1.18. The van der Waals surface area contributed by atoms with E-state index in [1.54, 1.807) is 6.20 Å². The van der Waals surface area contributed by atoms with E-state index in [-0.39, 0.29) is 0 Å². The molecule has 0 spiro atoms. The highest BCUT2D eigenvalue weighted by Crippen LogP contribution is 2.32. The topological polar surface area (TPSA) is 29.9 Å². The van der Waals surface area contributed by atoms with Crippen molar-refractivity contribution in [1.82, 2.24) is 9.55 Å². The summed E-state index contributed by atoms with van der Waals surface area (Å²) in [5.74, 6) is 0. The van der Waals surface area contributed by atoms with Crippen LogP contribution in [0.2, 0.25) is 0 Å². The third-order valence-electron chi connectivity index (χ3n) is 4.66. The maximum atomic E-state index is 4.14. The number of pyridine rings is 1. The summed E-state index contributed by atoms with van der Waals surface area (Å²) in [5.41, 5.74) is 5.63. The fraction of sp³-hybridized carbons (Fsp3) is 0. The fourth-order valence-electron chi connectivity index (χ4n) is 3.50. The molecule has 0 aliphatic rings. The van der Waals surface area contributed by atoms with Gasteiger partial charge in [-0.05, 0) is 48.5 Å². The predicted molar refractivity (Wildman–Crippen MR) is 108 cm³/mol. The maximum Gasteiger partial charge on any atom is 0.0570 e. The highest BCUT2D eigenvalue weighted by atomic mass is 15.0. The minimum absolute atomic E-state index is 0.983. The highest BCUT2D eigenvalue weighted by Gasteiger charge is 2.10. The van der Waals surface area contributed by atoms with Crippen LogP contribution in [-0.4, -0.2) is 9.55 Å². The van der Waals surface area contributed by atoms with Gasteiger partial charge in [0.05, 0.1) is 22.9 Å². The molecule has 3 heteroatoms. The summed E-state index contributed by atoms with van der Waals surface area (Å²) in [6, 6.07) is 29.6. The van der Waals surface area contributed by atoms with E-state index in [2.05, 4.69) is 87.7 Å². The molecule has 0 fully saturated rings. The van der Waals surface area contributed by atoms with Crippen molar-refractivity contribution < 1.29 is 0 Å². The van der Waals surface area contributed by atoms with Crippen molar-refractivity contribution >= 4 is 33.2 Å². The van der Waals surface area contributed by atoms with Crippen LogP contribution < -0.4 is 5.32 Å². The van der Waals surface area contributed by atoms with E-state index in [1.165, 1.54) is 21.8 Å². The Bertz CT molecular complexity index is 1140. The van der Waals surface area contributed by atoms with Gasteiger partial charge in [-0.3, -0.25) is 4.98 Å². The number of hydrogen-bond donors (Lipinski definition) is 1. The SMILES string of the molecule is c1cncc(Nc2ccc(-n3c4ccccc4c4ccccc43)cc2)c1. The Balaban J connectivity index is 1.61. The van der Waals surface area contributed by atoms with Crippen molar-refractivity contribution in [2.45, 2.75) is 0 Å². The molecule has 0 bridgehead atoms. The lowest BCUT2D eigenvalue weighted by Gasteiger charge is -2.10. The molecule has 3 nitrogen and oxygen atoms in total. The molecule has 5 rings (SSSR count). The number of rotatable bonds is 3. The number of fused-ring (bicyclic) bond motifs is 3. The molecule has 3 aromatic carbocycles. The molecule has 1 N–H and O–H groups in total. The Morgan fingerprint density at radius 3 is 1.88 bits per heavy atom. The van der Waals surface area contributed by atoms with Gasteiger partial charge in [-0.25, -0.2) is 0 Å². The highest BCUT2D eigenvalue weighted by molar-refractivity contribution is 6.09. The first-order valence-corrected chi connectivity index (χ1v) is 8.66. The normalized spacial score (nSPS) is 11.1. The van der Waals surface area contributed by atoms with E-state index in [0.717, 1.165) is 17.1 Å². The zero-order chi connectivity index (χ0) is 17.3. The number of para-hydroxylation sites is 2. The summed E-state index contributed by atoms with van der Waals surface area (Å²) in [6.45, 7) is 0. The Morgan fingerprint density at radius 1 is 0.615 bits per heavy atom. The molecule has 0 unspecified atom stereocenters. The first-order valence-electron chi connectivity index (χ1n) is 8.66. The van der Waals surface area contributed by atoms with Gasteiger partial charge in [0.25, 0.3) is 0 Å². The first-order chi connectivity index (χ1) is 12.9. The number of benzene rings is 3. The van der Waals surface area contributed by atoms with Gasteiger partial charge in [-0.15, -0.1) is 0 Å². The van der Waals surface area contributed by atoms with E-state index in [4.69, 9.17) is 0 Å². The third-order valence-corrected chi connectivity index (χ3v) is 4.66. The summed E-state index contributed by atoms with van der Waals surface area (Å²) in [6.07, 6.45) is 3.59. The number of hydrogen-bond acceptors (Lipinski definition) is 2. The average Bonchev–Trinajstić information content (AvgIpc) is 3.04. The molecule has 26 heavy (non-hydrogen) atoms. The molecule has 2 heterocycles. The zero-order valence-electron chi connectivity index (χ0n) is 14.1. The molecule has 0 radical (unpaired) electrons. The molecule has 0 saturated heterocycles. The molecule has 0 saturated carbocycles. The lowest BCUT2D eigenvalue weighted by atomic mass is 10.2. The number of nitrogens with zero attached hydrogens (tertiary/aromatic N) is 2. The van der Waals surface area contributed by atoms with Gasteiger partial charge >= 0.3 is 0 Å². The van der Waals surface area contributed by atoms with Crippen LogP contribution in [0.1, 0.15) is 0 Å². The van der Waals surface area contributed by atoms with Gasteiger partial charge < -0.3 is 9.88 Å². The Hall–Kier alpha value is -3.59. The zero-order valence-corrected chi connectivity index (χ0v) is 14.1. The van der Waals surface area contributed by atoms with Crippen LogP contribution in [0.25, 0.3) is 27.5 Å². The largest absolute Gasteiger partial charge is 0.354 e. The van der Waals surface area contributed by atoms with E-state index < -0.39 is 0 Å². The Morgan fingerprint density at radius 2 is 1.27 bits per heavy atom. The number of anilines is 2. The summed E-state index contributed by atoms with van der Waals surface area (Å²) in [4.78, 5) is 4.14. The minimum atomic E-state index is 0.983. The molecule has 5 aromatic rings. The summed E-state index contributed by atoms with van der Waals surface area (Å²) in [5, 5.41) is 5.94. The average molecular weight is 335 g/mol. The van der Waals surface area contributed by atoms with Crippen LogP contribution in [0.15, 0.2) is 97.3 Å². The Labute approximate surface area is 151 Å². The van der Waals surface area contributed by atoms with Crippen LogP contribution in [0.3, 0.4) is 0 Å². The summed E-state index contributed by atoms with van der Waals surface area (Å²) < 4.78 is 2.32. The second-order valence-corrected chi connectivity index (χ2v) is 6.28. The minimum Gasteiger partial charge on any atom is -0.354 e. The van der Waals surface area contributed by atoms with E-state index >= 15 is 0 Å². The first kappa shape index (κ1) is 14.7. The molecular formula is C23H17N3. The van der Waals surface area contributed by atoms with E-state index in [0.29, 0.717) is 0 Å². The lowest BCUT2D eigenvalue weighted by Crippen LogP contribution is -1.95. The van der Waals surface area contributed by atoms with Gasteiger partial charge in [0.15, 0.2) is 0 Å². The maximum absolute atomic E-state index is 4.14. The van der Waals surface area contributed by atoms with E-state index in [1.807, 2.05) is 18.3 Å². The monoisotopic (exact) mass is 335 g/mol. The van der Waals surface area contributed by atoms with E-state index in [9.17, 15) is 0 Å². The molecule has 124 valence electrons. The van der Waals surface area contributed by atoms with Crippen LogP contribution in [0, 0.1) is 0 Å². The summed E-state index contributed by atoms with van der Waals surface area (Å²) in [7, 11) is 0. The van der Waals surface area contributed by atoms with Gasteiger partial charge in [0.1, 0.15) is 0 Å². The van der Waals surface area contributed by atoms with Gasteiger partial charge in [-0.1, -0.05) is 36.4 Å². The van der Waals surface area contributed by atoms with Crippen molar-refractivity contribution in [2.24, 2.45) is 0 Å². The van der Waals surface area contributed by atoms with Crippen molar-refractivity contribution in [1.29, 1.82) is 0 Å². The smallest absolute Gasteiger partial charge is 0.0570 e. The van der Waals surface area contributed by atoms with Crippen LogP contribution in [0.5, 0.6) is 0 Å². The van der Waals surface area contributed by atoms with Crippen molar-refractivity contribution in [3.05, 3.63) is 97.3 Å². The molecule has 0 atom stereocenters. The second kappa shape index (κ2) is 6.05. The molecule has 0 aliphatic carbocycles. The van der Waals surface area contributed by atoms with Gasteiger partial charge in [-0.2, -0.15) is 0 Å². The van der Waals surface area contributed by atoms with Gasteiger partial charge in [0, 0.05) is 28.3 Å². The third kappa shape index (κ3) is 2.42. The number of aromatic nitrogens is 2. The van der Waals surface area contributed by atoms with Crippen molar-refractivity contribution in [2.75, 3.05) is 5.32 Å². The quantitative estimate of drug-likeness (QED) is 0.443. The molecular weight excluding hydrogens is 318 g/mol. The van der Waals surface area contributed by atoms with Crippen LogP contribution >= 0.6 is 0 Å². The molecule has 2 aromatic heterocycles. The predicted octanol–water partition coefficient (Wildman–Crippen LogP) is 5.92. The van der Waals surface area contributed by atoms with Crippen LogP contribution in [-0.2, 0) is 0 Å². The summed E-state index contributed by atoms with van der Waals surface area (Å²) >= 11 is 0. The van der Waals surface area contributed by atoms with Crippen LogP contribution in [0.4, 0.5) is 11.4 Å². The number of nitrogens with one attached hydrogen (secondary N) is 1. The van der Waals surface area contributed by atoms with Gasteiger partial charge in [0.2, 0.25) is 0 Å². The standard InChI is InChI=1S/C23H17N3/c1-3-9-22-20(7-1)21-8-2-4-10-23(21)26(22)19-13-11-17(12-14-19)25-18-6-5-15-24-16-18/h1-16,25H. The fourth-order valence-corrected chi connectivity index (χ4v) is 3.50.